The summed E-state index contributed by atoms with van der Waals surface area (Å²) in [7, 11) is 0. The van der Waals surface area contributed by atoms with Gasteiger partial charge in [-0.2, -0.15) is 13.2 Å². The number of hydrogen-bond acceptors (Lipinski definition) is 7. The summed E-state index contributed by atoms with van der Waals surface area (Å²) in [6.45, 7) is 2.78. The van der Waals surface area contributed by atoms with Crippen molar-refractivity contribution in [2.45, 2.75) is 25.9 Å². The molecule has 1 aromatic carbocycles. The molecule has 5 rings (SSSR count). The fourth-order valence-corrected chi connectivity index (χ4v) is 4.65. The minimum atomic E-state index is -4.41. The van der Waals surface area contributed by atoms with Crippen LogP contribution in [0.2, 0.25) is 0 Å². The van der Waals surface area contributed by atoms with Crippen molar-refractivity contribution in [3.63, 3.8) is 0 Å². The SMILES string of the molecule is Cc1cc2c(NCCCc3ccc(C4=CC=C(C(F)(F)F)NN4)cc3)nc(-c3ccoc3)nc2s1. The van der Waals surface area contributed by atoms with E-state index in [0.29, 0.717) is 11.5 Å². The number of aryl methyl sites for hydroxylation is 2. The quantitative estimate of drug-likeness (QED) is 0.264. The maximum absolute atomic E-state index is 12.7. The Morgan fingerprint density at radius 3 is 2.54 bits per heavy atom. The molecule has 1 aliphatic heterocycles. The third-order valence-corrected chi connectivity index (χ3v) is 6.49. The Kier molecular flexibility index (Phi) is 6.21. The van der Waals surface area contributed by atoms with Crippen molar-refractivity contribution in [2.24, 2.45) is 0 Å². The van der Waals surface area contributed by atoms with E-state index in [1.807, 2.05) is 30.3 Å². The molecule has 1 aliphatic rings. The molecule has 0 spiro atoms. The largest absolute Gasteiger partial charge is 0.472 e. The Bertz CT molecular complexity index is 1390. The number of benzene rings is 1. The molecule has 3 N–H and O–H groups in total. The van der Waals surface area contributed by atoms with Gasteiger partial charge in [0.1, 0.15) is 22.6 Å². The van der Waals surface area contributed by atoms with Gasteiger partial charge in [0.25, 0.3) is 0 Å². The van der Waals surface area contributed by atoms with Gasteiger partial charge in [0.15, 0.2) is 5.82 Å². The average Bonchev–Trinajstić information content (AvgIpc) is 3.51. The monoisotopic (exact) mass is 497 g/mol. The van der Waals surface area contributed by atoms with E-state index in [9.17, 15) is 13.2 Å². The van der Waals surface area contributed by atoms with Crippen LogP contribution >= 0.6 is 11.3 Å². The van der Waals surface area contributed by atoms with E-state index in [1.54, 1.807) is 23.9 Å². The molecule has 6 nitrogen and oxygen atoms in total. The van der Waals surface area contributed by atoms with E-state index in [4.69, 9.17) is 9.40 Å². The molecule has 0 atom stereocenters. The van der Waals surface area contributed by atoms with Gasteiger partial charge in [-0.3, -0.25) is 5.43 Å². The molecular weight excluding hydrogens is 475 g/mol. The van der Waals surface area contributed by atoms with Crippen LogP contribution in [0.5, 0.6) is 0 Å². The molecule has 0 fully saturated rings. The number of hydrogen-bond donors (Lipinski definition) is 3. The van der Waals surface area contributed by atoms with E-state index in [1.165, 1.54) is 11.0 Å². The highest BCUT2D eigenvalue weighted by Crippen LogP contribution is 2.31. The van der Waals surface area contributed by atoms with Gasteiger partial charge in [0.2, 0.25) is 0 Å². The summed E-state index contributed by atoms with van der Waals surface area (Å²) in [5, 5.41) is 4.46. The van der Waals surface area contributed by atoms with Gasteiger partial charge >= 0.3 is 6.18 Å². The van der Waals surface area contributed by atoms with Crippen LogP contribution in [0.3, 0.4) is 0 Å². The molecule has 4 aromatic rings. The molecular formula is C25H22F3N5OS. The summed E-state index contributed by atoms with van der Waals surface area (Å²) < 4.78 is 43.4. The molecule has 0 saturated carbocycles. The van der Waals surface area contributed by atoms with E-state index in [-0.39, 0.29) is 0 Å². The number of fused-ring (bicyclic) bond motifs is 1. The number of nitrogens with one attached hydrogen (secondary N) is 3. The number of hydrazine groups is 1. The van der Waals surface area contributed by atoms with Crippen molar-refractivity contribution in [1.29, 1.82) is 0 Å². The smallest absolute Gasteiger partial charge is 0.432 e. The minimum absolute atomic E-state index is 0.582. The molecule has 0 saturated heterocycles. The summed E-state index contributed by atoms with van der Waals surface area (Å²) in [5.74, 6) is 1.43. The minimum Gasteiger partial charge on any atom is -0.472 e. The molecule has 0 radical (unpaired) electrons. The Morgan fingerprint density at radius 1 is 1.03 bits per heavy atom. The van der Waals surface area contributed by atoms with Gasteiger partial charge < -0.3 is 15.2 Å². The summed E-state index contributed by atoms with van der Waals surface area (Å²) in [6.07, 6.45) is 3.02. The third kappa shape index (κ3) is 5.17. The van der Waals surface area contributed by atoms with Gasteiger partial charge in [0.05, 0.1) is 22.9 Å². The lowest BCUT2D eigenvalue weighted by Crippen LogP contribution is -2.38. The molecule has 0 unspecified atom stereocenters. The first-order valence-corrected chi connectivity index (χ1v) is 11.8. The number of nitrogens with zero attached hydrogens (tertiary/aromatic N) is 2. The molecule has 0 bridgehead atoms. The molecule has 3 aromatic heterocycles. The zero-order valence-corrected chi connectivity index (χ0v) is 19.6. The maximum Gasteiger partial charge on any atom is 0.432 e. The number of halogens is 3. The van der Waals surface area contributed by atoms with E-state index < -0.39 is 11.9 Å². The van der Waals surface area contributed by atoms with Gasteiger partial charge in [0, 0.05) is 11.4 Å². The first-order chi connectivity index (χ1) is 16.9. The number of thiophene rings is 1. The number of rotatable bonds is 7. The van der Waals surface area contributed by atoms with Crippen molar-refractivity contribution < 1.29 is 17.6 Å². The van der Waals surface area contributed by atoms with Crippen LogP contribution in [0.15, 0.2) is 71.2 Å². The highest BCUT2D eigenvalue weighted by molar-refractivity contribution is 7.18. The Hall–Kier alpha value is -3.79. The number of allylic oxidation sites excluding steroid dienone is 3. The Morgan fingerprint density at radius 2 is 1.86 bits per heavy atom. The standard InChI is InChI=1S/C25H22F3N5OS/c1-15-13-19-23(30-22(31-24(19)35-15)18-10-12-34-14-18)29-11-2-3-16-4-6-17(7-5-16)20-8-9-21(33-32-20)25(26,27)28/h4-10,12-14,32-33H,2-3,11H2,1H3,(H,29,30,31). The molecule has 0 aliphatic carbocycles. The second-order valence-corrected chi connectivity index (χ2v) is 9.35. The molecule has 10 heteroatoms. The lowest BCUT2D eigenvalue weighted by Gasteiger charge is -2.21. The van der Waals surface area contributed by atoms with Gasteiger partial charge in [-0.1, -0.05) is 24.3 Å². The summed E-state index contributed by atoms with van der Waals surface area (Å²) in [5.41, 5.74) is 7.36. The number of alkyl halides is 3. The predicted molar refractivity (Wildman–Crippen MR) is 131 cm³/mol. The Balaban J connectivity index is 1.21. The van der Waals surface area contributed by atoms with Crippen LogP contribution in [0.4, 0.5) is 19.0 Å². The fraction of sp³-hybridized carbons (Fsp3) is 0.200. The maximum atomic E-state index is 12.7. The topological polar surface area (TPSA) is 75.0 Å². The van der Waals surface area contributed by atoms with Crippen molar-refractivity contribution in [3.05, 3.63) is 82.8 Å². The number of anilines is 1. The first-order valence-electron chi connectivity index (χ1n) is 11.0. The van der Waals surface area contributed by atoms with Crippen LogP contribution in [0.25, 0.3) is 27.3 Å². The lowest BCUT2D eigenvalue weighted by molar-refractivity contribution is -0.0977. The van der Waals surface area contributed by atoms with Crippen LogP contribution in [0, 0.1) is 6.92 Å². The molecule has 0 amide bonds. The fourth-order valence-electron chi connectivity index (χ4n) is 3.77. The van der Waals surface area contributed by atoms with Gasteiger partial charge in [-0.15, -0.1) is 11.3 Å². The second kappa shape index (κ2) is 9.46. The highest BCUT2D eigenvalue weighted by atomic mass is 32.1. The molecule has 35 heavy (non-hydrogen) atoms. The second-order valence-electron chi connectivity index (χ2n) is 8.12. The Labute approximate surface area is 203 Å². The third-order valence-electron chi connectivity index (χ3n) is 5.55. The van der Waals surface area contributed by atoms with Crippen molar-refractivity contribution in [2.75, 3.05) is 11.9 Å². The zero-order valence-electron chi connectivity index (χ0n) is 18.7. The summed E-state index contributed by atoms with van der Waals surface area (Å²) in [4.78, 5) is 11.5. The van der Waals surface area contributed by atoms with Gasteiger partial charge in [-0.25, -0.2) is 9.97 Å². The highest BCUT2D eigenvalue weighted by Gasteiger charge is 2.34. The predicted octanol–water partition coefficient (Wildman–Crippen LogP) is 6.20. The van der Waals surface area contributed by atoms with Crippen molar-refractivity contribution in [1.82, 2.24) is 20.8 Å². The van der Waals surface area contributed by atoms with E-state index in [0.717, 1.165) is 58.2 Å². The number of furan rings is 1. The summed E-state index contributed by atoms with van der Waals surface area (Å²) >= 11 is 1.63. The normalized spacial score (nSPS) is 13.7. The average molecular weight is 498 g/mol. The van der Waals surface area contributed by atoms with Crippen molar-refractivity contribution in [3.8, 4) is 11.4 Å². The zero-order chi connectivity index (χ0) is 24.4. The van der Waals surface area contributed by atoms with E-state index in [2.05, 4.69) is 34.1 Å². The van der Waals surface area contributed by atoms with E-state index >= 15 is 0 Å². The number of aromatic nitrogens is 2. The van der Waals surface area contributed by atoms with Gasteiger partial charge in [-0.05, 0) is 55.2 Å². The van der Waals surface area contributed by atoms with Crippen LogP contribution < -0.4 is 16.2 Å². The van der Waals surface area contributed by atoms with Crippen molar-refractivity contribution >= 4 is 33.1 Å². The molecule has 4 heterocycles. The first kappa shape index (κ1) is 23.0. The van der Waals surface area contributed by atoms with Crippen LogP contribution in [-0.2, 0) is 6.42 Å². The lowest BCUT2D eigenvalue weighted by atomic mass is 10.0. The van der Waals surface area contributed by atoms with Crippen LogP contribution in [0.1, 0.15) is 22.4 Å². The van der Waals surface area contributed by atoms with Crippen LogP contribution in [-0.4, -0.2) is 22.7 Å². The molecule has 180 valence electrons. The summed E-state index contributed by atoms with van der Waals surface area (Å²) in [6, 6.07) is 11.7.